The molecule has 0 saturated heterocycles. The fourth-order valence-corrected chi connectivity index (χ4v) is 0.485. The van der Waals surface area contributed by atoms with Gasteiger partial charge in [0.05, 0.1) is 12.5 Å². The lowest BCUT2D eigenvalue weighted by molar-refractivity contribution is -0.137. The first-order chi connectivity index (χ1) is 5.20. The summed E-state index contributed by atoms with van der Waals surface area (Å²) < 4.78 is 4.52. The van der Waals surface area contributed by atoms with Gasteiger partial charge in [-0.25, -0.2) is 4.79 Å². The van der Waals surface area contributed by atoms with Crippen LogP contribution in [-0.2, 0) is 14.3 Å². The first-order valence-electron chi connectivity index (χ1n) is 3.14. The average molecular weight is 177 g/mol. The van der Waals surface area contributed by atoms with Crippen LogP contribution in [0.3, 0.4) is 0 Å². The molecule has 0 radical (unpaired) electrons. The molecule has 0 saturated carbocycles. The fourth-order valence-electron chi connectivity index (χ4n) is 0.396. The third kappa shape index (κ3) is 5.61. The smallest absolute Gasteiger partial charge is 0.330 e. The minimum absolute atomic E-state index is 0.115. The highest BCUT2D eigenvalue weighted by atomic mass is 35.5. The lowest BCUT2D eigenvalue weighted by Crippen LogP contribution is -2.01. The summed E-state index contributed by atoms with van der Waals surface area (Å²) in [5.74, 6) is -0.943. The van der Waals surface area contributed by atoms with Crippen LogP contribution in [0, 0.1) is 0 Å². The fraction of sp³-hybridized carbons (Fsp3) is 0.429. The number of ether oxygens (including phenoxy) is 1. The second kappa shape index (κ2) is 5.92. The molecule has 0 unspecified atom stereocenters. The molecule has 11 heavy (non-hydrogen) atoms. The molecule has 0 aromatic carbocycles. The molecule has 0 amide bonds. The Kier molecular flexibility index (Phi) is 5.47. The van der Waals surface area contributed by atoms with Crippen LogP contribution in [0.15, 0.2) is 12.2 Å². The number of alkyl halides is 1. The summed E-state index contributed by atoms with van der Waals surface area (Å²) >= 11 is 5.16. The van der Waals surface area contributed by atoms with Crippen LogP contribution in [0.25, 0.3) is 0 Å². The van der Waals surface area contributed by atoms with Crippen molar-refractivity contribution in [1.82, 2.24) is 0 Å². The van der Waals surface area contributed by atoms with Crippen molar-refractivity contribution in [2.24, 2.45) is 0 Å². The van der Waals surface area contributed by atoms with Gasteiger partial charge in [-0.1, -0.05) is 0 Å². The van der Waals surface area contributed by atoms with Gasteiger partial charge in [-0.05, 0) is 13.0 Å². The van der Waals surface area contributed by atoms with Gasteiger partial charge in [0.2, 0.25) is 0 Å². The monoisotopic (exact) mass is 176 g/mol. The summed E-state index contributed by atoms with van der Waals surface area (Å²) in [4.78, 5) is 21.1. The molecule has 0 aliphatic carbocycles. The van der Waals surface area contributed by atoms with Gasteiger partial charge in [-0.15, -0.1) is 11.6 Å². The van der Waals surface area contributed by atoms with Gasteiger partial charge in [0.1, 0.15) is 0 Å². The molecule has 0 aromatic rings. The molecule has 0 fully saturated rings. The summed E-state index contributed by atoms with van der Waals surface area (Å²) in [6.07, 6.45) is 2.17. The number of halogens is 1. The SMILES string of the molecule is CCOC(=O)C=CC(=O)CCl. The van der Waals surface area contributed by atoms with Crippen LogP contribution in [0.5, 0.6) is 0 Å². The highest BCUT2D eigenvalue weighted by molar-refractivity contribution is 6.29. The van der Waals surface area contributed by atoms with Crippen molar-refractivity contribution in [2.75, 3.05) is 12.5 Å². The third-order valence-corrected chi connectivity index (χ3v) is 1.09. The molecule has 0 aromatic heterocycles. The molecule has 0 rings (SSSR count). The van der Waals surface area contributed by atoms with Gasteiger partial charge >= 0.3 is 5.97 Å². The van der Waals surface area contributed by atoms with Crippen molar-refractivity contribution in [2.45, 2.75) is 6.92 Å². The van der Waals surface area contributed by atoms with Crippen molar-refractivity contribution >= 4 is 23.4 Å². The maximum Gasteiger partial charge on any atom is 0.330 e. The second-order valence-corrected chi connectivity index (χ2v) is 1.95. The van der Waals surface area contributed by atoms with Crippen molar-refractivity contribution in [3.8, 4) is 0 Å². The summed E-state index contributed by atoms with van der Waals surface area (Å²) in [5, 5.41) is 0. The number of carbonyl (C=O) groups excluding carboxylic acids is 2. The van der Waals surface area contributed by atoms with E-state index in [2.05, 4.69) is 4.74 Å². The second-order valence-electron chi connectivity index (χ2n) is 1.69. The highest BCUT2D eigenvalue weighted by Crippen LogP contribution is 1.84. The Bertz CT molecular complexity index is 175. The first-order valence-corrected chi connectivity index (χ1v) is 3.67. The van der Waals surface area contributed by atoms with Crippen LogP contribution < -0.4 is 0 Å². The van der Waals surface area contributed by atoms with Gasteiger partial charge < -0.3 is 4.74 Å². The summed E-state index contributed by atoms with van der Waals surface area (Å²) in [6, 6.07) is 0. The molecule has 62 valence electrons. The zero-order chi connectivity index (χ0) is 8.69. The Balaban J connectivity index is 3.73. The topological polar surface area (TPSA) is 43.4 Å². The largest absolute Gasteiger partial charge is 0.463 e. The van der Waals surface area contributed by atoms with Crippen LogP contribution >= 0.6 is 11.6 Å². The number of hydrogen-bond donors (Lipinski definition) is 0. The molecule has 0 N–H and O–H groups in total. The first kappa shape index (κ1) is 10.2. The Morgan fingerprint density at radius 3 is 2.55 bits per heavy atom. The van der Waals surface area contributed by atoms with Gasteiger partial charge in [0, 0.05) is 6.08 Å². The molecule has 0 bridgehead atoms. The van der Waals surface area contributed by atoms with E-state index in [1.54, 1.807) is 6.92 Å². The van der Waals surface area contributed by atoms with Crippen LogP contribution in [-0.4, -0.2) is 24.2 Å². The van der Waals surface area contributed by atoms with E-state index >= 15 is 0 Å². The predicted molar refractivity (Wildman–Crippen MR) is 41.5 cm³/mol. The maximum atomic E-state index is 10.6. The van der Waals surface area contributed by atoms with Gasteiger partial charge in [0.15, 0.2) is 5.78 Å². The molecular weight excluding hydrogens is 168 g/mol. The Morgan fingerprint density at radius 2 is 2.09 bits per heavy atom. The lowest BCUT2D eigenvalue weighted by Gasteiger charge is -1.92. The Morgan fingerprint density at radius 1 is 1.45 bits per heavy atom. The standard InChI is InChI=1S/C7H9ClO3/c1-2-11-7(10)4-3-6(9)5-8/h3-4H,2,5H2,1H3. The normalized spacial score (nSPS) is 10.0. The number of rotatable bonds is 4. The van der Waals surface area contributed by atoms with E-state index in [1.165, 1.54) is 0 Å². The molecule has 3 nitrogen and oxygen atoms in total. The molecule has 0 spiro atoms. The van der Waals surface area contributed by atoms with E-state index in [-0.39, 0.29) is 11.7 Å². The van der Waals surface area contributed by atoms with Crippen LogP contribution in [0.1, 0.15) is 6.92 Å². The number of ketones is 1. The van der Waals surface area contributed by atoms with Gasteiger partial charge in [-0.3, -0.25) is 4.79 Å². The summed E-state index contributed by atoms with van der Waals surface area (Å²) in [5.41, 5.74) is 0. The van der Waals surface area contributed by atoms with E-state index in [9.17, 15) is 9.59 Å². The quantitative estimate of drug-likeness (QED) is 0.363. The molecule has 0 aliphatic rings. The van der Waals surface area contributed by atoms with E-state index in [4.69, 9.17) is 11.6 Å². The minimum Gasteiger partial charge on any atom is -0.463 e. The van der Waals surface area contributed by atoms with E-state index in [0.717, 1.165) is 12.2 Å². The van der Waals surface area contributed by atoms with Gasteiger partial charge in [-0.2, -0.15) is 0 Å². The predicted octanol–water partition coefficient (Wildman–Crippen LogP) is 0.914. The van der Waals surface area contributed by atoms with E-state index < -0.39 is 5.97 Å². The maximum absolute atomic E-state index is 10.6. The van der Waals surface area contributed by atoms with Gasteiger partial charge in [0.25, 0.3) is 0 Å². The zero-order valence-electron chi connectivity index (χ0n) is 6.17. The number of esters is 1. The number of carbonyl (C=O) groups is 2. The van der Waals surface area contributed by atoms with E-state index in [1.807, 2.05) is 0 Å². The Labute approximate surface area is 70.0 Å². The highest BCUT2D eigenvalue weighted by Gasteiger charge is 1.95. The number of hydrogen-bond acceptors (Lipinski definition) is 3. The molecule has 0 atom stereocenters. The molecular formula is C7H9ClO3. The summed E-state index contributed by atoms with van der Waals surface area (Å²) in [7, 11) is 0. The van der Waals surface area contributed by atoms with Crippen molar-refractivity contribution in [3.05, 3.63) is 12.2 Å². The zero-order valence-corrected chi connectivity index (χ0v) is 6.93. The van der Waals surface area contributed by atoms with E-state index in [0.29, 0.717) is 6.61 Å². The minimum atomic E-state index is -0.522. The van der Waals surface area contributed by atoms with Crippen LogP contribution in [0.2, 0.25) is 0 Å². The third-order valence-electron chi connectivity index (χ3n) is 0.824. The van der Waals surface area contributed by atoms with Crippen LogP contribution in [0.4, 0.5) is 0 Å². The van der Waals surface area contributed by atoms with Crippen molar-refractivity contribution in [1.29, 1.82) is 0 Å². The molecule has 4 heteroatoms. The Hall–Kier alpha value is -0.830. The molecule has 0 aliphatic heterocycles. The average Bonchev–Trinajstić information content (AvgIpc) is 2.01. The molecule has 0 heterocycles. The van der Waals surface area contributed by atoms with Crippen molar-refractivity contribution < 1.29 is 14.3 Å². The number of allylic oxidation sites excluding steroid dienone is 1. The summed E-state index contributed by atoms with van der Waals surface area (Å²) in [6.45, 7) is 1.99. The van der Waals surface area contributed by atoms with Crippen molar-refractivity contribution in [3.63, 3.8) is 0 Å². The lowest BCUT2D eigenvalue weighted by atomic mass is 10.4.